The van der Waals surface area contributed by atoms with Crippen molar-refractivity contribution in [3.8, 4) is 0 Å². The Labute approximate surface area is 237 Å². The lowest BCUT2D eigenvalue weighted by molar-refractivity contribution is -0.117. The van der Waals surface area contributed by atoms with E-state index in [9.17, 15) is 14.7 Å². The Morgan fingerprint density at radius 3 is 2.50 bits per heavy atom. The van der Waals surface area contributed by atoms with Crippen LogP contribution in [-0.2, 0) is 15.3 Å². The van der Waals surface area contributed by atoms with Gasteiger partial charge in [-0.2, -0.15) is 0 Å². The van der Waals surface area contributed by atoms with Gasteiger partial charge in [0, 0.05) is 15.8 Å². The molecule has 4 aromatic rings. The van der Waals surface area contributed by atoms with Gasteiger partial charge in [0.25, 0.3) is 5.91 Å². The van der Waals surface area contributed by atoms with E-state index in [2.05, 4.69) is 10.2 Å². The number of benzene rings is 3. The molecule has 190 valence electrons. The normalized spacial score (nSPS) is 15.6. The van der Waals surface area contributed by atoms with E-state index in [1.165, 1.54) is 34.1 Å². The maximum absolute atomic E-state index is 13.3. The van der Waals surface area contributed by atoms with Crippen LogP contribution in [0, 0.1) is 0 Å². The number of allylic oxidation sites excluding steroid dienone is 1. The van der Waals surface area contributed by atoms with Crippen LogP contribution in [0.25, 0.3) is 6.08 Å². The van der Waals surface area contributed by atoms with Crippen molar-refractivity contribution in [1.82, 2.24) is 10.2 Å². The van der Waals surface area contributed by atoms with Gasteiger partial charge in [-0.05, 0) is 47.0 Å². The lowest BCUT2D eigenvalue weighted by Crippen LogP contribution is -2.30. The predicted molar refractivity (Wildman–Crippen MR) is 153 cm³/mol. The number of carbonyl (C=O) groups excluding carboxylic acids is 2. The van der Waals surface area contributed by atoms with Crippen LogP contribution in [0.4, 0.5) is 5.13 Å². The van der Waals surface area contributed by atoms with Crippen LogP contribution >= 0.6 is 46.3 Å². The van der Waals surface area contributed by atoms with Crippen LogP contribution in [0.5, 0.6) is 0 Å². The topological polar surface area (TPSA) is 83.4 Å². The van der Waals surface area contributed by atoms with Crippen molar-refractivity contribution in [3.05, 3.63) is 123 Å². The molecule has 0 saturated heterocycles. The van der Waals surface area contributed by atoms with Crippen molar-refractivity contribution in [3.63, 3.8) is 0 Å². The minimum atomic E-state index is -0.920. The van der Waals surface area contributed by atoms with E-state index in [0.717, 1.165) is 11.1 Å². The molecule has 1 unspecified atom stereocenters. The first kappa shape index (κ1) is 26.2. The first-order valence-corrected chi connectivity index (χ1v) is 14.0. The molecule has 1 atom stereocenters. The number of aliphatic hydroxyl groups excluding tert-OH is 1. The van der Waals surface area contributed by atoms with Crippen molar-refractivity contribution >= 4 is 69.2 Å². The fraction of sp³-hybridized carbons (Fsp3) is 0.0714. The summed E-state index contributed by atoms with van der Waals surface area (Å²) in [7, 11) is 0. The molecule has 38 heavy (non-hydrogen) atoms. The Kier molecular flexibility index (Phi) is 7.95. The molecule has 2 heterocycles. The number of amides is 1. The molecule has 1 aliphatic heterocycles. The second-order valence-electron chi connectivity index (χ2n) is 8.27. The number of nitrogens with zero attached hydrogens (tertiary/aromatic N) is 3. The average molecular weight is 581 g/mol. The molecular formula is C28H19Cl2N3O3S2. The van der Waals surface area contributed by atoms with Crippen molar-refractivity contribution in [2.75, 3.05) is 4.90 Å². The highest BCUT2D eigenvalue weighted by Crippen LogP contribution is 2.43. The van der Waals surface area contributed by atoms with E-state index in [1.54, 1.807) is 30.3 Å². The van der Waals surface area contributed by atoms with Gasteiger partial charge in [0.15, 0.2) is 15.9 Å². The summed E-state index contributed by atoms with van der Waals surface area (Å²) in [6.45, 7) is 0. The molecule has 3 aromatic carbocycles. The Bertz CT molecular complexity index is 1550. The van der Waals surface area contributed by atoms with E-state index < -0.39 is 23.5 Å². The minimum absolute atomic E-state index is 0.0463. The van der Waals surface area contributed by atoms with Crippen molar-refractivity contribution < 1.29 is 14.7 Å². The van der Waals surface area contributed by atoms with Gasteiger partial charge >= 0.3 is 0 Å². The summed E-state index contributed by atoms with van der Waals surface area (Å²) in [5, 5.41) is 20.7. The van der Waals surface area contributed by atoms with Crippen molar-refractivity contribution in [1.29, 1.82) is 0 Å². The maximum Gasteiger partial charge on any atom is 0.296 e. The number of hydrogen-bond donors (Lipinski definition) is 1. The van der Waals surface area contributed by atoms with Crippen molar-refractivity contribution in [2.24, 2.45) is 0 Å². The molecule has 5 rings (SSSR count). The number of thioether (sulfide) groups is 1. The number of aliphatic hydroxyl groups is 1. The van der Waals surface area contributed by atoms with Gasteiger partial charge in [-0.15, -0.1) is 10.2 Å². The third kappa shape index (κ3) is 5.68. The Balaban J connectivity index is 1.45. The quantitative estimate of drug-likeness (QED) is 0.134. The summed E-state index contributed by atoms with van der Waals surface area (Å²) >= 11 is 14.9. The summed E-state index contributed by atoms with van der Waals surface area (Å²) in [6.07, 6.45) is 2.99. The zero-order chi connectivity index (χ0) is 26.6. The number of rotatable bonds is 8. The third-order valence-electron chi connectivity index (χ3n) is 5.74. The second kappa shape index (κ2) is 11.5. The first-order valence-electron chi connectivity index (χ1n) is 11.4. The number of carbonyl (C=O) groups is 2. The van der Waals surface area contributed by atoms with Gasteiger partial charge in [0.2, 0.25) is 5.13 Å². The molecule has 0 radical (unpaired) electrons. The molecule has 0 spiro atoms. The lowest BCUT2D eigenvalue weighted by Gasteiger charge is -2.23. The number of hydrogen-bond acceptors (Lipinski definition) is 7. The minimum Gasteiger partial charge on any atom is -0.503 e. The van der Waals surface area contributed by atoms with Gasteiger partial charge in [-0.3, -0.25) is 14.5 Å². The number of anilines is 1. The van der Waals surface area contributed by atoms with Crippen LogP contribution in [0.3, 0.4) is 0 Å². The van der Waals surface area contributed by atoms with Crippen LogP contribution in [0.1, 0.15) is 22.7 Å². The molecule has 0 bridgehead atoms. The molecule has 1 aliphatic rings. The smallest absolute Gasteiger partial charge is 0.296 e. The standard InChI is InChI=1S/C28H19Cl2N3O3S2/c29-20-12-9-18(10-13-20)16-37-28-32-31-27(38-28)33-24(19-7-4-8-21(30)15-19)23(25(35)26(33)36)22(34)14-11-17-5-2-1-3-6-17/h1-15,24,35H,16H2. The van der Waals surface area contributed by atoms with Gasteiger partial charge in [-0.1, -0.05) is 107 Å². The Hall–Kier alpha value is -3.43. The van der Waals surface area contributed by atoms with Crippen LogP contribution in [0.2, 0.25) is 10.0 Å². The Morgan fingerprint density at radius 2 is 1.76 bits per heavy atom. The second-order valence-corrected chi connectivity index (χ2v) is 11.3. The van der Waals surface area contributed by atoms with E-state index in [1.807, 2.05) is 54.6 Å². The average Bonchev–Trinajstić information content (AvgIpc) is 3.49. The molecule has 0 aliphatic carbocycles. The van der Waals surface area contributed by atoms with E-state index in [0.29, 0.717) is 25.7 Å². The fourth-order valence-electron chi connectivity index (χ4n) is 3.96. The molecular weight excluding hydrogens is 561 g/mol. The summed E-state index contributed by atoms with van der Waals surface area (Å²) in [5.74, 6) is -1.20. The highest BCUT2D eigenvalue weighted by atomic mass is 35.5. The molecule has 10 heteroatoms. The molecule has 0 saturated carbocycles. The number of ketones is 1. The monoisotopic (exact) mass is 579 g/mol. The van der Waals surface area contributed by atoms with E-state index in [4.69, 9.17) is 23.2 Å². The fourth-order valence-corrected chi connectivity index (χ4v) is 6.10. The van der Waals surface area contributed by atoms with Crippen LogP contribution in [-0.4, -0.2) is 27.0 Å². The zero-order valence-electron chi connectivity index (χ0n) is 19.6. The predicted octanol–water partition coefficient (Wildman–Crippen LogP) is 7.32. The summed E-state index contributed by atoms with van der Waals surface area (Å²) in [5.41, 5.74) is 2.39. The summed E-state index contributed by atoms with van der Waals surface area (Å²) < 4.78 is 0.635. The largest absolute Gasteiger partial charge is 0.503 e. The highest BCUT2D eigenvalue weighted by molar-refractivity contribution is 8.00. The number of halogens is 2. The van der Waals surface area contributed by atoms with E-state index >= 15 is 0 Å². The highest BCUT2D eigenvalue weighted by Gasteiger charge is 2.45. The van der Waals surface area contributed by atoms with E-state index in [-0.39, 0.29) is 10.7 Å². The lowest BCUT2D eigenvalue weighted by atomic mass is 9.96. The van der Waals surface area contributed by atoms with Gasteiger partial charge in [-0.25, -0.2) is 0 Å². The molecule has 6 nitrogen and oxygen atoms in total. The SMILES string of the molecule is O=C(C=Cc1ccccc1)C1=C(O)C(=O)N(c2nnc(SCc3ccc(Cl)cc3)s2)C1c1cccc(Cl)c1. The number of aromatic nitrogens is 2. The van der Waals surface area contributed by atoms with Gasteiger partial charge < -0.3 is 5.11 Å². The first-order chi connectivity index (χ1) is 18.4. The van der Waals surface area contributed by atoms with Gasteiger partial charge in [0.1, 0.15) is 0 Å². The van der Waals surface area contributed by atoms with Gasteiger partial charge in [0.05, 0.1) is 11.6 Å². The van der Waals surface area contributed by atoms with Crippen molar-refractivity contribution in [2.45, 2.75) is 16.1 Å². The molecule has 1 aromatic heterocycles. The maximum atomic E-state index is 13.3. The molecule has 1 amide bonds. The third-order valence-corrected chi connectivity index (χ3v) is 8.36. The summed E-state index contributed by atoms with van der Waals surface area (Å²) in [6, 6.07) is 22.7. The zero-order valence-corrected chi connectivity index (χ0v) is 22.8. The molecule has 1 N–H and O–H groups in total. The van der Waals surface area contributed by atoms with Crippen LogP contribution in [0.15, 0.2) is 101 Å². The van der Waals surface area contributed by atoms with Crippen LogP contribution < -0.4 is 4.90 Å². The summed E-state index contributed by atoms with van der Waals surface area (Å²) in [4.78, 5) is 28.0. The molecule has 0 fully saturated rings. The Morgan fingerprint density at radius 1 is 1.00 bits per heavy atom.